The van der Waals surface area contributed by atoms with Gasteiger partial charge in [-0.05, 0) is 26.0 Å². The number of hydrogen-bond acceptors (Lipinski definition) is 3. The maximum absolute atomic E-state index is 10.6. The number of H-pyrrole nitrogens is 1. The van der Waals surface area contributed by atoms with Crippen LogP contribution in [-0.4, -0.2) is 28.2 Å². The first-order valence-corrected chi connectivity index (χ1v) is 6.43. The highest BCUT2D eigenvalue weighted by Gasteiger charge is 2.14. The molecule has 2 aromatic rings. The number of carbonyl (C=O) groups is 1. The van der Waals surface area contributed by atoms with Crippen LogP contribution in [0.2, 0.25) is 0 Å². The van der Waals surface area contributed by atoms with E-state index in [1.165, 1.54) is 0 Å². The van der Waals surface area contributed by atoms with Crippen molar-refractivity contribution in [1.29, 1.82) is 0 Å². The Bertz CT molecular complexity index is 632. The van der Waals surface area contributed by atoms with Crippen LogP contribution in [0.25, 0.3) is 11.3 Å². The second-order valence-electron chi connectivity index (χ2n) is 4.75. The number of rotatable bonds is 5. The zero-order valence-corrected chi connectivity index (χ0v) is 11.9. The molecule has 0 aliphatic carbocycles. The van der Waals surface area contributed by atoms with Gasteiger partial charge in [-0.15, -0.1) is 0 Å². The van der Waals surface area contributed by atoms with Crippen molar-refractivity contribution in [3.8, 4) is 17.0 Å². The maximum Gasteiger partial charge on any atom is 0.303 e. The van der Waals surface area contributed by atoms with Crippen LogP contribution in [-0.2, 0) is 11.2 Å². The van der Waals surface area contributed by atoms with Crippen LogP contribution >= 0.6 is 0 Å². The number of aliphatic carboxylic acids is 1. The molecular formula is C15H18N2O3. The van der Waals surface area contributed by atoms with Gasteiger partial charge in [0.1, 0.15) is 11.6 Å². The molecule has 0 unspecified atom stereocenters. The fourth-order valence-electron chi connectivity index (χ4n) is 2.14. The highest BCUT2D eigenvalue weighted by Crippen LogP contribution is 2.31. The number of benzene rings is 1. The summed E-state index contributed by atoms with van der Waals surface area (Å²) >= 11 is 0. The minimum absolute atomic E-state index is 0.0668. The second kappa shape index (κ2) is 5.77. The number of aromatic amines is 1. The summed E-state index contributed by atoms with van der Waals surface area (Å²) in [5.41, 5.74) is 3.76. The summed E-state index contributed by atoms with van der Waals surface area (Å²) in [6, 6.07) is 5.91. The lowest BCUT2D eigenvalue weighted by Crippen LogP contribution is -1.98. The van der Waals surface area contributed by atoms with Gasteiger partial charge in [0.25, 0.3) is 0 Å². The Morgan fingerprint density at radius 1 is 1.40 bits per heavy atom. The topological polar surface area (TPSA) is 75.2 Å². The van der Waals surface area contributed by atoms with Gasteiger partial charge in [-0.3, -0.25) is 4.79 Å². The third-order valence-corrected chi connectivity index (χ3v) is 3.12. The minimum Gasteiger partial charge on any atom is -0.496 e. The molecule has 5 nitrogen and oxygen atoms in total. The molecule has 0 radical (unpaired) electrons. The van der Waals surface area contributed by atoms with E-state index in [0.717, 1.165) is 28.3 Å². The second-order valence-corrected chi connectivity index (χ2v) is 4.75. The lowest BCUT2D eigenvalue weighted by molar-refractivity contribution is -0.137. The van der Waals surface area contributed by atoms with Crippen molar-refractivity contribution in [1.82, 2.24) is 9.97 Å². The van der Waals surface area contributed by atoms with E-state index in [0.29, 0.717) is 12.2 Å². The van der Waals surface area contributed by atoms with Gasteiger partial charge >= 0.3 is 5.97 Å². The lowest BCUT2D eigenvalue weighted by atomic mass is 10.1. The van der Waals surface area contributed by atoms with Crippen LogP contribution < -0.4 is 4.74 Å². The van der Waals surface area contributed by atoms with E-state index < -0.39 is 5.97 Å². The Morgan fingerprint density at radius 2 is 2.15 bits per heavy atom. The number of nitrogens with one attached hydrogen (secondary N) is 1. The smallest absolute Gasteiger partial charge is 0.303 e. The normalized spacial score (nSPS) is 10.6. The fourth-order valence-corrected chi connectivity index (χ4v) is 2.14. The number of ether oxygens (including phenoxy) is 1. The quantitative estimate of drug-likeness (QED) is 0.879. The van der Waals surface area contributed by atoms with Crippen LogP contribution in [0.1, 0.15) is 23.5 Å². The Morgan fingerprint density at radius 3 is 2.80 bits per heavy atom. The molecule has 0 aliphatic rings. The van der Waals surface area contributed by atoms with Gasteiger partial charge in [0.05, 0.1) is 19.2 Å². The zero-order chi connectivity index (χ0) is 14.7. The SMILES string of the molecule is COc1ccc(C)cc1-c1nc(CCC(=O)O)[nH]c1C. The van der Waals surface area contributed by atoms with Gasteiger partial charge in [-0.1, -0.05) is 11.6 Å². The summed E-state index contributed by atoms with van der Waals surface area (Å²) < 4.78 is 5.37. The summed E-state index contributed by atoms with van der Waals surface area (Å²) in [6.07, 6.45) is 0.460. The highest BCUT2D eigenvalue weighted by molar-refractivity contribution is 5.70. The third kappa shape index (κ3) is 2.99. The average molecular weight is 274 g/mol. The molecule has 0 saturated heterocycles. The van der Waals surface area contributed by atoms with Gasteiger partial charge in [-0.25, -0.2) is 4.98 Å². The molecule has 0 spiro atoms. The van der Waals surface area contributed by atoms with Crippen LogP contribution in [0.3, 0.4) is 0 Å². The number of methoxy groups -OCH3 is 1. The van der Waals surface area contributed by atoms with Crippen molar-refractivity contribution in [2.24, 2.45) is 0 Å². The van der Waals surface area contributed by atoms with Gasteiger partial charge in [0, 0.05) is 17.7 Å². The van der Waals surface area contributed by atoms with Crippen molar-refractivity contribution in [2.45, 2.75) is 26.7 Å². The van der Waals surface area contributed by atoms with Crippen LogP contribution in [0.4, 0.5) is 0 Å². The summed E-state index contributed by atoms with van der Waals surface area (Å²) in [4.78, 5) is 18.3. The van der Waals surface area contributed by atoms with Crippen LogP contribution in [0.15, 0.2) is 18.2 Å². The first-order chi connectivity index (χ1) is 9.51. The first-order valence-electron chi connectivity index (χ1n) is 6.43. The van der Waals surface area contributed by atoms with Gasteiger partial charge < -0.3 is 14.8 Å². The molecule has 20 heavy (non-hydrogen) atoms. The lowest BCUT2D eigenvalue weighted by Gasteiger charge is -2.08. The predicted octanol–water partition coefficient (Wildman–Crippen LogP) is 2.72. The number of nitrogens with zero attached hydrogens (tertiary/aromatic N) is 1. The van der Waals surface area contributed by atoms with E-state index in [4.69, 9.17) is 9.84 Å². The maximum atomic E-state index is 10.6. The number of carboxylic acids is 1. The van der Waals surface area contributed by atoms with Gasteiger partial charge in [-0.2, -0.15) is 0 Å². The largest absolute Gasteiger partial charge is 0.496 e. The van der Waals surface area contributed by atoms with Gasteiger partial charge in [0.15, 0.2) is 0 Å². The van der Waals surface area contributed by atoms with E-state index in [-0.39, 0.29) is 6.42 Å². The Kier molecular flexibility index (Phi) is 4.08. The molecule has 0 fully saturated rings. The molecule has 106 valence electrons. The molecule has 0 saturated carbocycles. The van der Waals surface area contributed by atoms with Crippen LogP contribution in [0.5, 0.6) is 5.75 Å². The molecular weight excluding hydrogens is 256 g/mol. The molecule has 5 heteroatoms. The monoisotopic (exact) mass is 274 g/mol. The number of hydrogen-bond donors (Lipinski definition) is 2. The Balaban J connectivity index is 2.37. The number of aryl methyl sites for hydroxylation is 3. The third-order valence-electron chi connectivity index (χ3n) is 3.12. The average Bonchev–Trinajstić information content (AvgIpc) is 2.77. The molecule has 0 atom stereocenters. The van der Waals surface area contributed by atoms with Crippen molar-refractivity contribution >= 4 is 5.97 Å². The molecule has 0 bridgehead atoms. The van der Waals surface area contributed by atoms with Crippen molar-refractivity contribution in [3.63, 3.8) is 0 Å². The van der Waals surface area contributed by atoms with E-state index in [1.807, 2.05) is 32.0 Å². The molecule has 2 rings (SSSR count). The molecule has 0 aliphatic heterocycles. The summed E-state index contributed by atoms with van der Waals surface area (Å²) in [5, 5.41) is 8.72. The van der Waals surface area contributed by atoms with Crippen molar-refractivity contribution < 1.29 is 14.6 Å². The number of carboxylic acid groups (broad SMARTS) is 1. The fraction of sp³-hybridized carbons (Fsp3) is 0.333. The molecule has 0 amide bonds. The van der Waals surface area contributed by atoms with Crippen molar-refractivity contribution in [2.75, 3.05) is 7.11 Å². The van der Waals surface area contributed by atoms with E-state index in [2.05, 4.69) is 9.97 Å². The van der Waals surface area contributed by atoms with E-state index in [1.54, 1.807) is 7.11 Å². The standard InChI is InChI=1S/C15H18N2O3/c1-9-4-5-12(20-3)11(8-9)15-10(2)16-13(17-15)6-7-14(18)19/h4-5,8H,6-7H2,1-3H3,(H,16,17)(H,18,19). The minimum atomic E-state index is -0.825. The zero-order valence-electron chi connectivity index (χ0n) is 11.9. The molecule has 1 aromatic carbocycles. The van der Waals surface area contributed by atoms with Gasteiger partial charge in [0.2, 0.25) is 0 Å². The number of imidazole rings is 1. The summed E-state index contributed by atoms with van der Waals surface area (Å²) in [7, 11) is 1.63. The summed E-state index contributed by atoms with van der Waals surface area (Å²) in [6.45, 7) is 3.94. The van der Waals surface area contributed by atoms with E-state index in [9.17, 15) is 4.79 Å². The Hall–Kier alpha value is -2.30. The van der Waals surface area contributed by atoms with Crippen molar-refractivity contribution in [3.05, 3.63) is 35.3 Å². The summed E-state index contributed by atoms with van der Waals surface area (Å²) in [5.74, 6) is 0.618. The molecule has 1 heterocycles. The number of aromatic nitrogens is 2. The Labute approximate surface area is 117 Å². The molecule has 1 aromatic heterocycles. The van der Waals surface area contributed by atoms with Crippen LogP contribution in [0, 0.1) is 13.8 Å². The molecule has 2 N–H and O–H groups in total. The predicted molar refractivity (Wildman–Crippen MR) is 76.0 cm³/mol. The van der Waals surface area contributed by atoms with E-state index >= 15 is 0 Å². The first kappa shape index (κ1) is 14.1. The highest BCUT2D eigenvalue weighted by atomic mass is 16.5.